The molecule has 0 atom stereocenters. The fourth-order valence-electron chi connectivity index (χ4n) is 1.59. The molecule has 0 radical (unpaired) electrons. The van der Waals surface area contributed by atoms with E-state index in [1.165, 1.54) is 12.1 Å². The minimum atomic E-state index is -1.12. The summed E-state index contributed by atoms with van der Waals surface area (Å²) in [5, 5.41) is 8.97. The van der Waals surface area contributed by atoms with Crippen LogP contribution in [0.5, 0.6) is 0 Å². The maximum Gasteiger partial charge on any atom is 0.323 e. The van der Waals surface area contributed by atoms with Crippen LogP contribution in [0.1, 0.15) is 10.6 Å². The van der Waals surface area contributed by atoms with Gasteiger partial charge in [-0.1, -0.05) is 18.2 Å². The first kappa shape index (κ1) is 13.2. The van der Waals surface area contributed by atoms with Gasteiger partial charge in [-0.3, -0.25) is 14.5 Å². The smallest absolute Gasteiger partial charge is 0.323 e. The minimum absolute atomic E-state index is 0.00453. The fourth-order valence-corrected chi connectivity index (χ4v) is 1.73. The molecule has 1 aromatic carbocycles. The fraction of sp³-hybridized carbons (Fsp3) is 0.0769. The van der Waals surface area contributed by atoms with Crippen LogP contribution in [0.2, 0.25) is 5.22 Å². The maximum absolute atomic E-state index is 12.2. The number of carboxylic acid groups (broad SMARTS) is 1. The van der Waals surface area contributed by atoms with Gasteiger partial charge in [-0.25, -0.2) is 0 Å². The zero-order valence-corrected chi connectivity index (χ0v) is 10.5. The molecule has 98 valence electrons. The molecule has 0 aliphatic rings. The molecule has 0 saturated carbocycles. The highest BCUT2D eigenvalue weighted by molar-refractivity contribution is 6.29. The molecule has 1 N–H and O–H groups in total. The summed E-state index contributed by atoms with van der Waals surface area (Å²) in [6.45, 7) is -0.457. The molecule has 1 heterocycles. The normalized spacial score (nSPS) is 10.2. The van der Waals surface area contributed by atoms with Crippen LogP contribution >= 0.6 is 11.6 Å². The van der Waals surface area contributed by atoms with E-state index in [1.807, 2.05) is 0 Å². The molecule has 0 fully saturated rings. The van der Waals surface area contributed by atoms with Crippen LogP contribution in [0.3, 0.4) is 0 Å². The highest BCUT2D eigenvalue weighted by Crippen LogP contribution is 2.19. The summed E-state index contributed by atoms with van der Waals surface area (Å²) in [5.74, 6) is -1.68. The average Bonchev–Trinajstić information content (AvgIpc) is 2.83. The number of amides is 1. The van der Waals surface area contributed by atoms with Crippen molar-refractivity contribution in [2.75, 3.05) is 11.4 Å². The van der Waals surface area contributed by atoms with Crippen molar-refractivity contribution in [2.45, 2.75) is 0 Å². The number of hydrogen-bond acceptors (Lipinski definition) is 3. The van der Waals surface area contributed by atoms with Crippen molar-refractivity contribution in [1.29, 1.82) is 0 Å². The second kappa shape index (κ2) is 5.58. The second-order valence-electron chi connectivity index (χ2n) is 3.72. The van der Waals surface area contributed by atoms with Crippen LogP contribution in [0.15, 0.2) is 46.9 Å². The Labute approximate surface area is 114 Å². The van der Waals surface area contributed by atoms with Crippen molar-refractivity contribution >= 4 is 29.2 Å². The Hall–Kier alpha value is -2.27. The lowest BCUT2D eigenvalue weighted by molar-refractivity contribution is -0.135. The number of carboxylic acids is 1. The van der Waals surface area contributed by atoms with E-state index >= 15 is 0 Å². The van der Waals surface area contributed by atoms with Gasteiger partial charge >= 0.3 is 5.97 Å². The topological polar surface area (TPSA) is 70.8 Å². The van der Waals surface area contributed by atoms with E-state index < -0.39 is 18.4 Å². The summed E-state index contributed by atoms with van der Waals surface area (Å²) < 4.78 is 5.01. The van der Waals surface area contributed by atoms with E-state index in [9.17, 15) is 9.59 Å². The van der Waals surface area contributed by atoms with Crippen LogP contribution in [0.25, 0.3) is 0 Å². The first-order valence-electron chi connectivity index (χ1n) is 5.42. The van der Waals surface area contributed by atoms with Gasteiger partial charge in [-0.2, -0.15) is 0 Å². The van der Waals surface area contributed by atoms with Crippen molar-refractivity contribution in [3.05, 3.63) is 53.4 Å². The number of nitrogens with zero attached hydrogens (tertiary/aromatic N) is 1. The van der Waals surface area contributed by atoms with Crippen molar-refractivity contribution in [3.63, 3.8) is 0 Å². The number of furan rings is 1. The third-order valence-corrected chi connectivity index (χ3v) is 2.59. The van der Waals surface area contributed by atoms with Gasteiger partial charge in [-0.15, -0.1) is 0 Å². The minimum Gasteiger partial charge on any atom is -0.480 e. The first-order chi connectivity index (χ1) is 9.08. The molecule has 19 heavy (non-hydrogen) atoms. The number of para-hydroxylation sites is 1. The maximum atomic E-state index is 12.2. The molecule has 0 spiro atoms. The Bertz CT molecular complexity index is 594. The van der Waals surface area contributed by atoms with E-state index in [-0.39, 0.29) is 11.0 Å². The molecular formula is C13H10ClNO4. The van der Waals surface area contributed by atoms with Gasteiger partial charge in [0.25, 0.3) is 5.91 Å². The molecule has 0 unspecified atom stereocenters. The third kappa shape index (κ3) is 3.14. The molecule has 1 amide bonds. The first-order valence-corrected chi connectivity index (χ1v) is 5.80. The standard InChI is InChI=1S/C13H10ClNO4/c14-11-7-6-10(19-11)13(18)15(8-12(16)17)9-4-2-1-3-5-9/h1-7H,8H2,(H,16,17). The van der Waals surface area contributed by atoms with Gasteiger partial charge in [-0.05, 0) is 35.9 Å². The van der Waals surface area contributed by atoms with Gasteiger partial charge in [0.05, 0.1) is 0 Å². The van der Waals surface area contributed by atoms with E-state index in [2.05, 4.69) is 0 Å². The van der Waals surface area contributed by atoms with Crippen LogP contribution < -0.4 is 4.90 Å². The number of carbonyl (C=O) groups is 2. The van der Waals surface area contributed by atoms with Gasteiger partial charge in [0.1, 0.15) is 6.54 Å². The SMILES string of the molecule is O=C(O)CN(C(=O)c1ccc(Cl)o1)c1ccccc1. The molecule has 0 bridgehead atoms. The van der Waals surface area contributed by atoms with Gasteiger partial charge in [0, 0.05) is 5.69 Å². The molecule has 0 aliphatic heterocycles. The molecule has 2 aromatic rings. The lowest BCUT2D eigenvalue weighted by Crippen LogP contribution is -2.35. The quantitative estimate of drug-likeness (QED) is 0.934. The number of hydrogen-bond donors (Lipinski definition) is 1. The van der Waals surface area contributed by atoms with Gasteiger partial charge < -0.3 is 9.52 Å². The molecule has 0 aliphatic carbocycles. The van der Waals surface area contributed by atoms with Crippen LogP contribution in [0.4, 0.5) is 5.69 Å². The van der Waals surface area contributed by atoms with E-state index in [1.54, 1.807) is 30.3 Å². The van der Waals surface area contributed by atoms with E-state index in [4.69, 9.17) is 21.1 Å². The number of aliphatic carboxylic acids is 1. The molecular weight excluding hydrogens is 270 g/mol. The Morgan fingerprint density at radius 3 is 2.37 bits per heavy atom. The largest absolute Gasteiger partial charge is 0.480 e. The number of anilines is 1. The summed E-state index contributed by atoms with van der Waals surface area (Å²) in [6, 6.07) is 11.3. The lowest BCUT2D eigenvalue weighted by Gasteiger charge is -2.19. The number of halogens is 1. The predicted molar refractivity (Wildman–Crippen MR) is 69.5 cm³/mol. The average molecular weight is 280 g/mol. The van der Waals surface area contributed by atoms with Crippen molar-refractivity contribution < 1.29 is 19.1 Å². The summed E-state index contributed by atoms with van der Waals surface area (Å²) in [5.41, 5.74) is 0.474. The molecule has 2 rings (SSSR count). The second-order valence-corrected chi connectivity index (χ2v) is 4.10. The number of benzene rings is 1. The highest BCUT2D eigenvalue weighted by Gasteiger charge is 2.22. The molecule has 0 saturated heterocycles. The van der Waals surface area contributed by atoms with Crippen LogP contribution in [-0.4, -0.2) is 23.5 Å². The van der Waals surface area contributed by atoms with Crippen molar-refractivity contribution in [1.82, 2.24) is 0 Å². The van der Waals surface area contributed by atoms with Crippen LogP contribution in [-0.2, 0) is 4.79 Å². The predicted octanol–water partition coefficient (Wildman–Crippen LogP) is 2.66. The summed E-state index contributed by atoms with van der Waals surface area (Å²) in [7, 11) is 0. The monoisotopic (exact) mass is 279 g/mol. The summed E-state index contributed by atoms with van der Waals surface area (Å²) in [4.78, 5) is 24.2. The Morgan fingerprint density at radius 2 is 1.84 bits per heavy atom. The van der Waals surface area contributed by atoms with Gasteiger partial charge in [0.2, 0.25) is 0 Å². The summed E-state index contributed by atoms with van der Waals surface area (Å²) >= 11 is 5.61. The zero-order valence-electron chi connectivity index (χ0n) is 9.75. The molecule has 5 nitrogen and oxygen atoms in total. The van der Waals surface area contributed by atoms with Crippen LogP contribution in [0, 0.1) is 0 Å². The van der Waals surface area contributed by atoms with Gasteiger partial charge in [0.15, 0.2) is 11.0 Å². The molecule has 6 heteroatoms. The van der Waals surface area contributed by atoms with E-state index in [0.29, 0.717) is 5.69 Å². The number of rotatable bonds is 4. The zero-order chi connectivity index (χ0) is 13.8. The summed E-state index contributed by atoms with van der Waals surface area (Å²) in [6.07, 6.45) is 0. The van der Waals surface area contributed by atoms with Crippen molar-refractivity contribution in [2.24, 2.45) is 0 Å². The third-order valence-electron chi connectivity index (χ3n) is 2.39. The Balaban J connectivity index is 2.33. The van der Waals surface area contributed by atoms with E-state index in [0.717, 1.165) is 4.90 Å². The Kier molecular flexibility index (Phi) is 3.87. The Morgan fingerprint density at radius 1 is 1.16 bits per heavy atom. The molecule has 1 aromatic heterocycles. The lowest BCUT2D eigenvalue weighted by atomic mass is 10.2. The number of carbonyl (C=O) groups excluding carboxylic acids is 1. The van der Waals surface area contributed by atoms with Crippen molar-refractivity contribution in [3.8, 4) is 0 Å². The highest BCUT2D eigenvalue weighted by atomic mass is 35.5.